The van der Waals surface area contributed by atoms with Gasteiger partial charge in [-0.1, -0.05) is 25.0 Å². The molecule has 98 valence electrons. The van der Waals surface area contributed by atoms with Gasteiger partial charge in [-0.25, -0.2) is 9.97 Å². The first-order chi connectivity index (χ1) is 8.88. The summed E-state index contributed by atoms with van der Waals surface area (Å²) in [5.41, 5.74) is 2.67. The molecule has 2 N–H and O–H groups in total. The number of nitrogens with one attached hydrogen (secondary N) is 2. The van der Waals surface area contributed by atoms with Crippen LogP contribution in [0.15, 0.2) is 24.0 Å². The monoisotopic (exact) mass is 246 g/mol. The van der Waals surface area contributed by atoms with Crippen LogP contribution in [-0.4, -0.2) is 29.6 Å². The van der Waals surface area contributed by atoms with E-state index >= 15 is 0 Å². The largest absolute Gasteiger partial charge is 0.370 e. The summed E-state index contributed by atoms with van der Waals surface area (Å²) in [6, 6.07) is 2.06. The van der Waals surface area contributed by atoms with Crippen LogP contribution in [0.3, 0.4) is 0 Å². The summed E-state index contributed by atoms with van der Waals surface area (Å²) in [7, 11) is 0. The Kier molecular flexibility index (Phi) is 5.15. The lowest BCUT2D eigenvalue weighted by atomic mass is 10.1. The highest BCUT2D eigenvalue weighted by Crippen LogP contribution is 2.10. The van der Waals surface area contributed by atoms with Crippen LogP contribution in [0.1, 0.15) is 31.9 Å². The highest BCUT2D eigenvalue weighted by molar-refractivity contribution is 5.35. The van der Waals surface area contributed by atoms with E-state index in [0.29, 0.717) is 0 Å². The standard InChI is InChI=1S/C14H22N4/c1-2-3-13-10-14(18-11-17-13)16-9-6-12-4-7-15-8-5-12/h4,10-11,15H,2-3,5-9H2,1H3,(H,16,17,18). The van der Waals surface area contributed by atoms with Crippen molar-refractivity contribution in [1.29, 1.82) is 0 Å². The van der Waals surface area contributed by atoms with E-state index in [1.165, 1.54) is 6.42 Å². The molecule has 2 rings (SSSR count). The van der Waals surface area contributed by atoms with Crippen molar-refractivity contribution in [1.82, 2.24) is 15.3 Å². The van der Waals surface area contributed by atoms with Gasteiger partial charge in [-0.2, -0.15) is 0 Å². The van der Waals surface area contributed by atoms with Crippen LogP contribution in [0.25, 0.3) is 0 Å². The fourth-order valence-electron chi connectivity index (χ4n) is 2.13. The van der Waals surface area contributed by atoms with Gasteiger partial charge in [0.1, 0.15) is 12.1 Å². The molecule has 0 saturated carbocycles. The van der Waals surface area contributed by atoms with Crippen LogP contribution < -0.4 is 10.6 Å². The third-order valence-corrected chi connectivity index (χ3v) is 3.14. The lowest BCUT2D eigenvalue weighted by Crippen LogP contribution is -2.21. The zero-order valence-corrected chi connectivity index (χ0v) is 11.1. The minimum atomic E-state index is 0.947. The van der Waals surface area contributed by atoms with E-state index < -0.39 is 0 Å². The van der Waals surface area contributed by atoms with Crippen LogP contribution >= 0.6 is 0 Å². The Morgan fingerprint density at radius 3 is 3.06 bits per heavy atom. The number of hydrogen-bond donors (Lipinski definition) is 2. The van der Waals surface area contributed by atoms with Gasteiger partial charge in [-0.15, -0.1) is 0 Å². The molecule has 1 aromatic heterocycles. The summed E-state index contributed by atoms with van der Waals surface area (Å²) in [5, 5.41) is 6.71. The summed E-state index contributed by atoms with van der Waals surface area (Å²) >= 11 is 0. The van der Waals surface area contributed by atoms with Crippen molar-refractivity contribution >= 4 is 5.82 Å². The first-order valence-corrected chi connectivity index (χ1v) is 6.82. The fraction of sp³-hybridized carbons (Fsp3) is 0.571. The summed E-state index contributed by atoms with van der Waals surface area (Å²) in [6.07, 6.45) is 8.37. The number of aromatic nitrogens is 2. The van der Waals surface area contributed by atoms with E-state index in [-0.39, 0.29) is 0 Å². The number of aryl methyl sites for hydroxylation is 1. The Hall–Kier alpha value is -1.42. The van der Waals surface area contributed by atoms with Gasteiger partial charge in [0.05, 0.1) is 0 Å². The van der Waals surface area contributed by atoms with Gasteiger partial charge in [0.2, 0.25) is 0 Å². The van der Waals surface area contributed by atoms with Gasteiger partial charge in [-0.05, 0) is 25.8 Å². The zero-order valence-electron chi connectivity index (χ0n) is 11.1. The quantitative estimate of drug-likeness (QED) is 0.755. The molecule has 0 spiro atoms. The van der Waals surface area contributed by atoms with Crippen molar-refractivity contribution in [3.63, 3.8) is 0 Å². The Morgan fingerprint density at radius 2 is 2.28 bits per heavy atom. The molecule has 4 heteroatoms. The van der Waals surface area contributed by atoms with Crippen LogP contribution in [0.5, 0.6) is 0 Å². The van der Waals surface area contributed by atoms with Gasteiger partial charge in [0, 0.05) is 24.8 Å². The smallest absolute Gasteiger partial charge is 0.129 e. The van der Waals surface area contributed by atoms with E-state index in [0.717, 1.165) is 50.4 Å². The third-order valence-electron chi connectivity index (χ3n) is 3.14. The molecular formula is C14H22N4. The molecule has 1 aliphatic rings. The number of anilines is 1. The minimum Gasteiger partial charge on any atom is -0.370 e. The Morgan fingerprint density at radius 1 is 1.33 bits per heavy atom. The minimum absolute atomic E-state index is 0.947. The lowest BCUT2D eigenvalue weighted by Gasteiger charge is -2.14. The number of nitrogens with zero attached hydrogens (tertiary/aromatic N) is 2. The van der Waals surface area contributed by atoms with E-state index in [1.54, 1.807) is 11.9 Å². The molecule has 0 radical (unpaired) electrons. The molecule has 1 aromatic rings. The fourth-order valence-corrected chi connectivity index (χ4v) is 2.13. The van der Waals surface area contributed by atoms with Gasteiger partial charge < -0.3 is 10.6 Å². The van der Waals surface area contributed by atoms with E-state index in [1.807, 2.05) is 0 Å². The molecule has 0 fully saturated rings. The molecule has 4 nitrogen and oxygen atoms in total. The van der Waals surface area contributed by atoms with Gasteiger partial charge >= 0.3 is 0 Å². The molecule has 0 aliphatic carbocycles. The van der Waals surface area contributed by atoms with Crippen LogP contribution in [-0.2, 0) is 6.42 Å². The SMILES string of the molecule is CCCc1cc(NCCC2=CCNCC2)ncn1. The number of hydrogen-bond acceptors (Lipinski definition) is 4. The second kappa shape index (κ2) is 7.11. The van der Waals surface area contributed by atoms with Crippen molar-refractivity contribution in [3.05, 3.63) is 29.7 Å². The van der Waals surface area contributed by atoms with Crippen molar-refractivity contribution in [3.8, 4) is 0 Å². The average molecular weight is 246 g/mol. The zero-order chi connectivity index (χ0) is 12.6. The molecule has 1 aliphatic heterocycles. The maximum absolute atomic E-state index is 4.26. The Labute approximate surface area is 109 Å². The highest BCUT2D eigenvalue weighted by Gasteiger charge is 2.03. The van der Waals surface area contributed by atoms with E-state index in [4.69, 9.17) is 0 Å². The maximum atomic E-state index is 4.26. The second-order valence-corrected chi connectivity index (χ2v) is 4.64. The first kappa shape index (κ1) is 13.0. The van der Waals surface area contributed by atoms with E-state index in [2.05, 4.69) is 39.7 Å². The van der Waals surface area contributed by atoms with Gasteiger partial charge in [0.25, 0.3) is 0 Å². The average Bonchev–Trinajstić information content (AvgIpc) is 2.41. The van der Waals surface area contributed by atoms with Crippen LogP contribution in [0.2, 0.25) is 0 Å². The summed E-state index contributed by atoms with van der Waals surface area (Å²) in [6.45, 7) is 5.25. The van der Waals surface area contributed by atoms with Gasteiger partial charge in [0.15, 0.2) is 0 Å². The predicted octanol–water partition coefficient (Wildman–Crippen LogP) is 2.15. The topological polar surface area (TPSA) is 49.8 Å². The third kappa shape index (κ3) is 4.11. The normalized spacial score (nSPS) is 15.3. The molecule has 0 saturated heterocycles. The molecule has 0 unspecified atom stereocenters. The highest BCUT2D eigenvalue weighted by atomic mass is 15.0. The van der Waals surface area contributed by atoms with Crippen molar-refractivity contribution in [2.75, 3.05) is 25.0 Å². The van der Waals surface area contributed by atoms with Crippen molar-refractivity contribution in [2.24, 2.45) is 0 Å². The second-order valence-electron chi connectivity index (χ2n) is 4.64. The molecule has 0 amide bonds. The Balaban J connectivity index is 1.78. The first-order valence-electron chi connectivity index (χ1n) is 6.82. The predicted molar refractivity (Wildman–Crippen MR) is 74.7 cm³/mol. The Bertz CT molecular complexity index is 401. The lowest BCUT2D eigenvalue weighted by molar-refractivity contribution is 0.683. The molecule has 18 heavy (non-hydrogen) atoms. The molecule has 0 bridgehead atoms. The summed E-state index contributed by atoms with van der Waals surface area (Å²) in [4.78, 5) is 8.51. The van der Waals surface area contributed by atoms with Crippen molar-refractivity contribution < 1.29 is 0 Å². The van der Waals surface area contributed by atoms with Gasteiger partial charge in [-0.3, -0.25) is 0 Å². The molecule has 2 heterocycles. The molecular weight excluding hydrogens is 224 g/mol. The summed E-state index contributed by atoms with van der Waals surface area (Å²) < 4.78 is 0. The van der Waals surface area contributed by atoms with Crippen LogP contribution in [0.4, 0.5) is 5.82 Å². The number of rotatable bonds is 6. The van der Waals surface area contributed by atoms with Crippen LogP contribution in [0, 0.1) is 0 Å². The summed E-state index contributed by atoms with van der Waals surface area (Å²) in [5.74, 6) is 0.947. The van der Waals surface area contributed by atoms with Crippen molar-refractivity contribution in [2.45, 2.75) is 32.6 Å². The molecule has 0 atom stereocenters. The molecule has 0 aromatic carbocycles. The maximum Gasteiger partial charge on any atom is 0.129 e. The van der Waals surface area contributed by atoms with E-state index in [9.17, 15) is 0 Å².